The molecule has 1 aromatic heterocycles. The van der Waals surface area contributed by atoms with Gasteiger partial charge in [-0.05, 0) is 50.2 Å². The average molecular weight is 563 g/mol. The number of halogens is 1. The van der Waals surface area contributed by atoms with Crippen molar-refractivity contribution in [3.63, 3.8) is 0 Å². The molecule has 1 heterocycles. The first-order valence-corrected chi connectivity index (χ1v) is 10.8. The van der Waals surface area contributed by atoms with Crippen LogP contribution in [0.5, 0.6) is 5.75 Å². The molecular formula is C24H34IN7O. The van der Waals surface area contributed by atoms with Crippen LogP contribution in [0.4, 0.5) is 0 Å². The van der Waals surface area contributed by atoms with Crippen molar-refractivity contribution >= 4 is 29.9 Å². The highest BCUT2D eigenvalue weighted by molar-refractivity contribution is 14.0. The second-order valence-electron chi connectivity index (χ2n) is 7.73. The predicted octanol–water partition coefficient (Wildman–Crippen LogP) is 3.67. The third-order valence-electron chi connectivity index (χ3n) is 5.41. The van der Waals surface area contributed by atoms with Gasteiger partial charge in [0.15, 0.2) is 11.8 Å². The summed E-state index contributed by atoms with van der Waals surface area (Å²) in [6.45, 7) is 4.52. The molecule has 3 aromatic rings. The molecule has 1 unspecified atom stereocenters. The van der Waals surface area contributed by atoms with Gasteiger partial charge in [0.05, 0.1) is 13.7 Å². The number of aromatic amines is 1. The fraction of sp³-hybridized carbons (Fsp3) is 0.375. The monoisotopic (exact) mass is 563 g/mol. The van der Waals surface area contributed by atoms with Crippen LogP contribution in [-0.2, 0) is 13.1 Å². The lowest BCUT2D eigenvalue weighted by Crippen LogP contribution is -2.39. The summed E-state index contributed by atoms with van der Waals surface area (Å²) in [5, 5.41) is 13.9. The molecule has 0 amide bonds. The molecule has 0 aliphatic heterocycles. The van der Waals surface area contributed by atoms with Crippen LogP contribution in [-0.4, -0.2) is 59.8 Å². The van der Waals surface area contributed by atoms with Crippen LogP contribution >= 0.6 is 24.0 Å². The van der Waals surface area contributed by atoms with Crippen molar-refractivity contribution in [2.75, 3.05) is 27.7 Å². The first-order chi connectivity index (χ1) is 15.6. The van der Waals surface area contributed by atoms with E-state index in [0.717, 1.165) is 42.6 Å². The zero-order valence-electron chi connectivity index (χ0n) is 19.7. The van der Waals surface area contributed by atoms with E-state index in [1.54, 1.807) is 14.2 Å². The maximum absolute atomic E-state index is 5.19. The van der Waals surface area contributed by atoms with Crippen molar-refractivity contribution < 1.29 is 4.74 Å². The zero-order valence-corrected chi connectivity index (χ0v) is 22.0. The summed E-state index contributed by atoms with van der Waals surface area (Å²) < 4.78 is 5.19. The Kier molecular flexibility index (Phi) is 11.1. The van der Waals surface area contributed by atoms with E-state index in [-0.39, 0.29) is 24.0 Å². The van der Waals surface area contributed by atoms with Gasteiger partial charge in [0, 0.05) is 31.7 Å². The highest BCUT2D eigenvalue weighted by Crippen LogP contribution is 2.18. The van der Waals surface area contributed by atoms with E-state index >= 15 is 0 Å². The summed E-state index contributed by atoms with van der Waals surface area (Å²) in [5.74, 6) is 2.95. The molecule has 0 fully saturated rings. The predicted molar refractivity (Wildman–Crippen MR) is 144 cm³/mol. The van der Waals surface area contributed by atoms with Crippen LogP contribution in [0, 0.1) is 0 Å². The molecule has 0 aliphatic carbocycles. The number of rotatable bonds is 10. The summed E-state index contributed by atoms with van der Waals surface area (Å²) in [7, 11) is 5.58. The minimum Gasteiger partial charge on any atom is -0.497 e. The van der Waals surface area contributed by atoms with Crippen LogP contribution in [0.2, 0.25) is 0 Å². The van der Waals surface area contributed by atoms with Gasteiger partial charge in [0.1, 0.15) is 11.6 Å². The van der Waals surface area contributed by atoms with Gasteiger partial charge in [0.25, 0.3) is 0 Å². The highest BCUT2D eigenvalue weighted by Gasteiger charge is 2.10. The standard InChI is InChI=1S/C24H33N7O.HI/c1-18(31(3)17-19-8-6-5-7-9-19)14-15-26-24(25-2)27-16-22-28-23(30-29-22)20-10-12-21(32-4)13-11-20;/h5-13,18H,14-17H2,1-4H3,(H2,25,26,27)(H,28,29,30);1H. The van der Waals surface area contributed by atoms with Gasteiger partial charge in [0.2, 0.25) is 0 Å². The summed E-state index contributed by atoms with van der Waals surface area (Å²) in [5.41, 5.74) is 2.26. The summed E-state index contributed by atoms with van der Waals surface area (Å²) in [6, 6.07) is 18.7. The Balaban J connectivity index is 0.00000385. The Morgan fingerprint density at radius 2 is 1.85 bits per heavy atom. The smallest absolute Gasteiger partial charge is 0.191 e. The fourth-order valence-electron chi connectivity index (χ4n) is 3.28. The number of ether oxygens (including phenoxy) is 1. The number of methoxy groups -OCH3 is 1. The van der Waals surface area contributed by atoms with Crippen molar-refractivity contribution in [2.24, 2.45) is 4.99 Å². The number of H-pyrrole nitrogens is 1. The lowest BCUT2D eigenvalue weighted by Gasteiger charge is -2.25. The molecule has 2 aromatic carbocycles. The lowest BCUT2D eigenvalue weighted by atomic mass is 10.1. The topological polar surface area (TPSA) is 90.5 Å². The SMILES string of the molecule is CN=C(NCCC(C)N(C)Cc1ccccc1)NCc1nc(-c2ccc(OC)cc2)n[nH]1.I. The first kappa shape index (κ1) is 26.6. The quantitative estimate of drug-likeness (QED) is 0.198. The minimum atomic E-state index is 0. The van der Waals surface area contributed by atoms with Crippen molar-refractivity contribution in [1.82, 2.24) is 30.7 Å². The molecule has 0 radical (unpaired) electrons. The van der Waals surface area contributed by atoms with Crippen molar-refractivity contribution in [3.05, 3.63) is 66.0 Å². The van der Waals surface area contributed by atoms with Crippen LogP contribution in [0.3, 0.4) is 0 Å². The van der Waals surface area contributed by atoms with Crippen LogP contribution in [0.1, 0.15) is 24.7 Å². The molecule has 0 saturated carbocycles. The molecule has 3 rings (SSSR count). The van der Waals surface area contributed by atoms with Gasteiger partial charge in [-0.2, -0.15) is 5.10 Å². The second-order valence-corrected chi connectivity index (χ2v) is 7.73. The Hall–Kier alpha value is -2.66. The van der Waals surface area contributed by atoms with E-state index in [1.165, 1.54) is 5.56 Å². The molecule has 8 nitrogen and oxygen atoms in total. The molecule has 0 spiro atoms. The zero-order chi connectivity index (χ0) is 22.8. The van der Waals surface area contributed by atoms with Gasteiger partial charge < -0.3 is 15.4 Å². The number of hydrogen-bond donors (Lipinski definition) is 3. The normalized spacial score (nSPS) is 12.2. The molecule has 1 atom stereocenters. The Bertz CT molecular complexity index is 976. The van der Waals surface area contributed by atoms with E-state index in [2.05, 4.69) is 73.9 Å². The lowest BCUT2D eigenvalue weighted by molar-refractivity contribution is 0.238. The molecule has 3 N–H and O–H groups in total. The van der Waals surface area contributed by atoms with E-state index in [1.807, 2.05) is 30.3 Å². The van der Waals surface area contributed by atoms with Crippen molar-refractivity contribution in [1.29, 1.82) is 0 Å². The largest absolute Gasteiger partial charge is 0.497 e. The van der Waals surface area contributed by atoms with Gasteiger partial charge in [-0.25, -0.2) is 4.98 Å². The third kappa shape index (κ3) is 8.32. The molecule has 9 heteroatoms. The van der Waals surface area contributed by atoms with E-state index in [4.69, 9.17) is 4.74 Å². The van der Waals surface area contributed by atoms with Gasteiger partial charge in [-0.15, -0.1) is 24.0 Å². The maximum Gasteiger partial charge on any atom is 0.191 e. The van der Waals surface area contributed by atoms with E-state index in [0.29, 0.717) is 18.4 Å². The van der Waals surface area contributed by atoms with Gasteiger partial charge >= 0.3 is 0 Å². The number of nitrogens with one attached hydrogen (secondary N) is 3. The summed E-state index contributed by atoms with van der Waals surface area (Å²) >= 11 is 0. The maximum atomic E-state index is 5.19. The molecular weight excluding hydrogens is 529 g/mol. The van der Waals surface area contributed by atoms with E-state index in [9.17, 15) is 0 Å². The molecule has 0 bridgehead atoms. The third-order valence-corrected chi connectivity index (χ3v) is 5.41. The van der Waals surface area contributed by atoms with Gasteiger partial charge in [-0.1, -0.05) is 30.3 Å². The number of hydrogen-bond acceptors (Lipinski definition) is 5. The van der Waals surface area contributed by atoms with Crippen LogP contribution < -0.4 is 15.4 Å². The summed E-state index contributed by atoms with van der Waals surface area (Å²) in [6.07, 6.45) is 1.01. The molecule has 0 aliphatic rings. The Morgan fingerprint density at radius 3 is 2.52 bits per heavy atom. The Labute approximate surface area is 213 Å². The van der Waals surface area contributed by atoms with Crippen molar-refractivity contribution in [3.8, 4) is 17.1 Å². The molecule has 0 saturated heterocycles. The summed E-state index contributed by atoms with van der Waals surface area (Å²) in [4.78, 5) is 11.2. The number of aromatic nitrogens is 3. The van der Waals surface area contributed by atoms with Crippen molar-refractivity contribution in [2.45, 2.75) is 32.5 Å². The molecule has 178 valence electrons. The highest BCUT2D eigenvalue weighted by atomic mass is 127. The number of benzene rings is 2. The fourth-order valence-corrected chi connectivity index (χ4v) is 3.28. The number of aliphatic imine (C=N–C) groups is 1. The Morgan fingerprint density at radius 1 is 1.12 bits per heavy atom. The number of guanidine groups is 1. The molecule has 33 heavy (non-hydrogen) atoms. The van der Waals surface area contributed by atoms with Crippen LogP contribution in [0.25, 0.3) is 11.4 Å². The van der Waals surface area contributed by atoms with Gasteiger partial charge in [-0.3, -0.25) is 15.0 Å². The number of nitrogens with zero attached hydrogens (tertiary/aromatic N) is 4. The second kappa shape index (κ2) is 13.8. The van der Waals surface area contributed by atoms with E-state index < -0.39 is 0 Å². The average Bonchev–Trinajstić information content (AvgIpc) is 3.31. The minimum absolute atomic E-state index is 0. The first-order valence-electron chi connectivity index (χ1n) is 10.8. The van der Waals surface area contributed by atoms with Crippen LogP contribution in [0.15, 0.2) is 59.6 Å².